The molecular formula is C24H33N4O9P. The van der Waals surface area contributed by atoms with E-state index in [-0.39, 0.29) is 24.8 Å². The predicted molar refractivity (Wildman–Crippen MR) is 135 cm³/mol. The van der Waals surface area contributed by atoms with E-state index in [0.29, 0.717) is 0 Å². The van der Waals surface area contributed by atoms with Gasteiger partial charge in [-0.05, 0) is 52.8 Å². The van der Waals surface area contributed by atoms with Gasteiger partial charge < -0.3 is 29.2 Å². The molecule has 6 atom stereocenters. The zero-order valence-electron chi connectivity index (χ0n) is 21.9. The molecule has 2 aliphatic heterocycles. The normalized spacial score (nSPS) is 28.3. The van der Waals surface area contributed by atoms with Crippen LogP contribution in [0.15, 0.2) is 47.4 Å². The van der Waals surface area contributed by atoms with E-state index in [2.05, 4.69) is 10.1 Å². The van der Waals surface area contributed by atoms with Crippen LogP contribution in [0.4, 0.5) is 5.82 Å². The van der Waals surface area contributed by atoms with E-state index >= 15 is 0 Å². The van der Waals surface area contributed by atoms with Gasteiger partial charge in [0.1, 0.15) is 35.4 Å². The van der Waals surface area contributed by atoms with E-state index in [0.717, 1.165) is 0 Å². The van der Waals surface area contributed by atoms with Gasteiger partial charge in [-0.2, -0.15) is 10.1 Å². The van der Waals surface area contributed by atoms with Crippen molar-refractivity contribution in [1.82, 2.24) is 14.6 Å². The van der Waals surface area contributed by atoms with Gasteiger partial charge in [-0.3, -0.25) is 13.9 Å². The SMILES string of the molecule is CCOC(=O)[C@H](C)NP(=O)(OC[C@H]1O[C@@H](n2ccc(N)nc2=O)[C@]2(C)OC(C)(C)O[C@H]12)Oc1ccccc1. The summed E-state index contributed by atoms with van der Waals surface area (Å²) in [6.45, 7) is 8.24. The molecule has 2 fully saturated rings. The maximum Gasteiger partial charge on any atom is 0.459 e. The molecule has 2 aliphatic rings. The van der Waals surface area contributed by atoms with Gasteiger partial charge in [-0.15, -0.1) is 0 Å². The molecule has 0 aliphatic carbocycles. The summed E-state index contributed by atoms with van der Waals surface area (Å²) in [5.41, 5.74) is 3.89. The van der Waals surface area contributed by atoms with Crippen molar-refractivity contribution < 1.29 is 37.4 Å². The van der Waals surface area contributed by atoms with Crippen LogP contribution in [0, 0.1) is 0 Å². The van der Waals surface area contributed by atoms with E-state index in [1.165, 1.54) is 23.8 Å². The minimum absolute atomic E-state index is 0.0653. The first kappa shape index (κ1) is 28.2. The molecule has 2 saturated heterocycles. The van der Waals surface area contributed by atoms with E-state index in [4.69, 9.17) is 33.7 Å². The van der Waals surface area contributed by atoms with E-state index in [1.807, 2.05) is 0 Å². The van der Waals surface area contributed by atoms with Gasteiger partial charge in [0.25, 0.3) is 0 Å². The summed E-state index contributed by atoms with van der Waals surface area (Å²) in [6.07, 6.45) is -1.06. The van der Waals surface area contributed by atoms with Crippen molar-refractivity contribution in [2.75, 3.05) is 18.9 Å². The molecule has 3 N–H and O–H groups in total. The Morgan fingerprint density at radius 3 is 2.63 bits per heavy atom. The number of hydrogen-bond donors (Lipinski definition) is 2. The number of aromatic nitrogens is 2. The Hall–Kier alpha value is -2.80. The molecule has 0 bridgehead atoms. The molecule has 0 amide bonds. The standard InChI is InChI=1S/C24H33N4O9P/c1-6-32-20(29)15(2)27-38(31,36-16-10-8-7-9-11-16)33-14-17-19-24(5,37-23(3,4)35-19)21(34-17)28-13-12-18(25)26-22(28)30/h7-13,15,17,19,21H,6,14H2,1-5H3,(H,27,31)(H2,25,26,30)/t15-,17+,19+,21+,24+,38?/m0/s1. The Balaban J connectivity index is 1.59. The van der Waals surface area contributed by atoms with Crippen LogP contribution in [-0.4, -0.2) is 58.4 Å². The van der Waals surface area contributed by atoms with Crippen LogP contribution in [0.5, 0.6) is 5.75 Å². The van der Waals surface area contributed by atoms with Crippen molar-refractivity contribution in [3.8, 4) is 5.75 Å². The number of hydrogen-bond acceptors (Lipinski definition) is 11. The van der Waals surface area contributed by atoms with Crippen LogP contribution in [0.25, 0.3) is 0 Å². The van der Waals surface area contributed by atoms with Crippen LogP contribution >= 0.6 is 7.75 Å². The number of ether oxygens (including phenoxy) is 4. The molecule has 13 nitrogen and oxygen atoms in total. The quantitative estimate of drug-likeness (QED) is 0.327. The van der Waals surface area contributed by atoms with Gasteiger partial charge in [0.05, 0.1) is 13.2 Å². The number of carbonyl (C=O) groups excluding carboxylic acids is 1. The third kappa shape index (κ3) is 5.93. The summed E-state index contributed by atoms with van der Waals surface area (Å²) >= 11 is 0. The Morgan fingerprint density at radius 2 is 1.97 bits per heavy atom. The fourth-order valence-corrected chi connectivity index (χ4v) is 6.06. The number of nitrogens with one attached hydrogen (secondary N) is 1. The first-order valence-electron chi connectivity index (χ1n) is 12.2. The lowest BCUT2D eigenvalue weighted by Crippen LogP contribution is -2.45. The molecule has 0 spiro atoms. The number of nitrogens with two attached hydrogens (primary N) is 1. The van der Waals surface area contributed by atoms with E-state index < -0.39 is 55.3 Å². The molecule has 1 aromatic carbocycles. The third-order valence-electron chi connectivity index (χ3n) is 6.05. The summed E-state index contributed by atoms with van der Waals surface area (Å²) < 4.78 is 50.1. The minimum atomic E-state index is -4.15. The van der Waals surface area contributed by atoms with Gasteiger partial charge in [0.15, 0.2) is 12.0 Å². The van der Waals surface area contributed by atoms with Crippen molar-refractivity contribution in [3.05, 3.63) is 53.1 Å². The van der Waals surface area contributed by atoms with Crippen molar-refractivity contribution in [2.45, 2.75) is 70.5 Å². The highest BCUT2D eigenvalue weighted by Crippen LogP contribution is 2.52. The zero-order valence-corrected chi connectivity index (χ0v) is 22.8. The largest absolute Gasteiger partial charge is 0.465 e. The molecule has 4 rings (SSSR count). The van der Waals surface area contributed by atoms with Crippen molar-refractivity contribution in [3.63, 3.8) is 0 Å². The molecule has 0 saturated carbocycles. The van der Waals surface area contributed by atoms with Crippen LogP contribution < -0.4 is 21.0 Å². The number of nitrogens with zero attached hydrogens (tertiary/aromatic N) is 2. The monoisotopic (exact) mass is 552 g/mol. The number of fused-ring (bicyclic) bond motifs is 1. The lowest BCUT2D eigenvalue weighted by atomic mass is 9.96. The molecule has 38 heavy (non-hydrogen) atoms. The summed E-state index contributed by atoms with van der Waals surface area (Å²) in [5.74, 6) is -1.31. The Morgan fingerprint density at radius 1 is 1.26 bits per heavy atom. The highest BCUT2D eigenvalue weighted by molar-refractivity contribution is 7.52. The molecular weight excluding hydrogens is 519 g/mol. The molecule has 0 radical (unpaired) electrons. The number of esters is 1. The first-order valence-corrected chi connectivity index (χ1v) is 13.7. The van der Waals surface area contributed by atoms with Crippen molar-refractivity contribution >= 4 is 19.5 Å². The van der Waals surface area contributed by atoms with Crippen molar-refractivity contribution in [1.29, 1.82) is 0 Å². The lowest BCUT2D eigenvalue weighted by Gasteiger charge is -2.30. The van der Waals surface area contributed by atoms with Crippen LogP contribution in [0.3, 0.4) is 0 Å². The van der Waals surface area contributed by atoms with Gasteiger partial charge in [0.2, 0.25) is 0 Å². The molecule has 14 heteroatoms. The van der Waals surface area contributed by atoms with Crippen molar-refractivity contribution in [2.24, 2.45) is 0 Å². The predicted octanol–water partition coefficient (Wildman–Crippen LogP) is 2.38. The number of benzene rings is 1. The number of rotatable bonds is 10. The number of nitrogen functional groups attached to an aromatic ring is 1. The molecule has 1 aromatic heterocycles. The topological polar surface area (TPSA) is 162 Å². The number of carbonyl (C=O) groups is 1. The second-order valence-corrected chi connectivity index (χ2v) is 11.3. The number of anilines is 1. The Labute approximate surface area is 220 Å². The number of para-hydroxylation sites is 1. The fraction of sp³-hybridized carbons (Fsp3) is 0.542. The van der Waals surface area contributed by atoms with Crippen LogP contribution in [0.1, 0.15) is 40.8 Å². The fourth-order valence-electron chi connectivity index (χ4n) is 4.55. The van der Waals surface area contributed by atoms with Gasteiger partial charge in [0, 0.05) is 6.20 Å². The minimum Gasteiger partial charge on any atom is -0.465 e. The van der Waals surface area contributed by atoms with E-state index in [1.54, 1.807) is 58.0 Å². The molecule has 2 aromatic rings. The maximum absolute atomic E-state index is 13.8. The molecule has 3 heterocycles. The summed E-state index contributed by atoms with van der Waals surface area (Å²) in [6, 6.07) is 8.84. The third-order valence-corrected chi connectivity index (χ3v) is 7.69. The summed E-state index contributed by atoms with van der Waals surface area (Å²) in [5, 5.41) is 2.62. The zero-order chi connectivity index (χ0) is 27.7. The van der Waals surface area contributed by atoms with Gasteiger partial charge >= 0.3 is 19.4 Å². The molecule has 1 unspecified atom stereocenters. The maximum atomic E-state index is 13.8. The second kappa shape index (κ2) is 10.8. The Bertz CT molecular complexity index is 1260. The highest BCUT2D eigenvalue weighted by Gasteiger charge is 2.64. The molecule has 208 valence electrons. The second-order valence-electron chi connectivity index (χ2n) is 9.59. The lowest BCUT2D eigenvalue weighted by molar-refractivity contribution is -0.217. The van der Waals surface area contributed by atoms with Gasteiger partial charge in [-0.25, -0.2) is 9.36 Å². The average molecular weight is 553 g/mol. The summed E-state index contributed by atoms with van der Waals surface area (Å²) in [7, 11) is -4.15. The van der Waals surface area contributed by atoms with Crippen LogP contribution in [0.2, 0.25) is 0 Å². The van der Waals surface area contributed by atoms with E-state index in [9.17, 15) is 14.2 Å². The highest BCUT2D eigenvalue weighted by atomic mass is 31.2. The first-order chi connectivity index (χ1) is 17.9. The summed E-state index contributed by atoms with van der Waals surface area (Å²) in [4.78, 5) is 28.6. The smallest absolute Gasteiger partial charge is 0.459 e. The average Bonchev–Trinajstić information content (AvgIpc) is 3.23. The van der Waals surface area contributed by atoms with Crippen LogP contribution in [-0.2, 0) is 32.8 Å². The van der Waals surface area contributed by atoms with Gasteiger partial charge in [-0.1, -0.05) is 18.2 Å². The Kier molecular flexibility index (Phi) is 7.99.